The van der Waals surface area contributed by atoms with Gasteiger partial charge in [-0.2, -0.15) is 5.26 Å². The number of carbonyl (C=O) groups is 1. The van der Waals surface area contributed by atoms with Crippen LogP contribution in [0, 0.1) is 23.2 Å². The summed E-state index contributed by atoms with van der Waals surface area (Å²) in [5.74, 6) is 1.57. The number of benzene rings is 1. The zero-order valence-corrected chi connectivity index (χ0v) is 12.3. The quantitative estimate of drug-likeness (QED) is 0.845. The molecule has 1 heterocycles. The Balaban J connectivity index is 2.00. The second-order valence-electron chi connectivity index (χ2n) is 5.96. The van der Waals surface area contributed by atoms with Crippen LogP contribution in [-0.4, -0.2) is 17.4 Å². The lowest BCUT2D eigenvalue weighted by Crippen LogP contribution is -2.29. The van der Waals surface area contributed by atoms with Crippen LogP contribution in [0.2, 0.25) is 0 Å². The van der Waals surface area contributed by atoms with E-state index in [1.165, 1.54) is 0 Å². The molecular weight excluding hydrogens is 248 g/mol. The Kier molecular flexibility index (Phi) is 4.79. The van der Waals surface area contributed by atoms with Crippen molar-refractivity contribution in [1.82, 2.24) is 4.90 Å². The molecule has 3 heteroatoms. The number of hydrogen-bond acceptors (Lipinski definition) is 2. The van der Waals surface area contributed by atoms with Crippen molar-refractivity contribution in [3.05, 3.63) is 35.4 Å². The van der Waals surface area contributed by atoms with Crippen LogP contribution >= 0.6 is 0 Å². The number of carbonyl (C=O) groups excluding carboxylic acids is 1. The summed E-state index contributed by atoms with van der Waals surface area (Å²) in [4.78, 5) is 14.1. The molecule has 1 aromatic rings. The first kappa shape index (κ1) is 14.6. The van der Waals surface area contributed by atoms with E-state index in [-0.39, 0.29) is 5.91 Å². The van der Waals surface area contributed by atoms with E-state index < -0.39 is 0 Å². The van der Waals surface area contributed by atoms with Gasteiger partial charge in [-0.05, 0) is 42.4 Å². The second-order valence-corrected chi connectivity index (χ2v) is 5.96. The molecule has 20 heavy (non-hydrogen) atoms. The minimum Gasteiger partial charge on any atom is -0.338 e. The van der Waals surface area contributed by atoms with Gasteiger partial charge in [0.05, 0.1) is 11.6 Å². The van der Waals surface area contributed by atoms with E-state index in [0.717, 1.165) is 24.9 Å². The van der Waals surface area contributed by atoms with Crippen LogP contribution in [0.5, 0.6) is 0 Å². The van der Waals surface area contributed by atoms with Gasteiger partial charge < -0.3 is 4.90 Å². The molecule has 106 valence electrons. The molecule has 0 radical (unpaired) electrons. The maximum Gasteiger partial charge on any atom is 0.222 e. The van der Waals surface area contributed by atoms with Gasteiger partial charge in [0.15, 0.2) is 0 Å². The lowest BCUT2D eigenvalue weighted by atomic mass is 9.89. The van der Waals surface area contributed by atoms with E-state index in [9.17, 15) is 4.79 Å². The van der Waals surface area contributed by atoms with Crippen molar-refractivity contribution >= 4 is 5.91 Å². The summed E-state index contributed by atoms with van der Waals surface area (Å²) in [7, 11) is 0. The van der Waals surface area contributed by atoms with Gasteiger partial charge in [-0.15, -0.1) is 0 Å². The Labute approximate surface area is 121 Å². The van der Waals surface area contributed by atoms with Crippen LogP contribution < -0.4 is 0 Å². The first-order valence-electron chi connectivity index (χ1n) is 7.37. The van der Waals surface area contributed by atoms with Gasteiger partial charge in [-0.3, -0.25) is 4.79 Å². The molecule has 1 fully saturated rings. The van der Waals surface area contributed by atoms with Gasteiger partial charge in [0.2, 0.25) is 5.91 Å². The predicted octanol–water partition coefficient (Wildman–Crippen LogP) is 3.34. The van der Waals surface area contributed by atoms with Gasteiger partial charge in [-0.25, -0.2) is 0 Å². The van der Waals surface area contributed by atoms with Gasteiger partial charge in [0.25, 0.3) is 0 Å². The Bertz CT molecular complexity index is 499. The maximum atomic E-state index is 12.2. The molecule has 0 spiro atoms. The molecule has 1 saturated heterocycles. The standard InChI is InChI=1S/C17H22N2O/c1-13(2)16-7-8-17(20)19(10-9-16)12-15-5-3-14(11-18)4-6-15/h3-6,13,16H,7-10,12H2,1-2H3. The van der Waals surface area contributed by atoms with Gasteiger partial charge in [0, 0.05) is 19.5 Å². The van der Waals surface area contributed by atoms with E-state index in [1.807, 2.05) is 29.2 Å². The summed E-state index contributed by atoms with van der Waals surface area (Å²) >= 11 is 0. The Morgan fingerprint density at radius 2 is 2.00 bits per heavy atom. The Morgan fingerprint density at radius 1 is 1.30 bits per heavy atom. The highest BCUT2D eigenvalue weighted by atomic mass is 16.2. The van der Waals surface area contributed by atoms with Crippen molar-refractivity contribution in [2.24, 2.45) is 11.8 Å². The van der Waals surface area contributed by atoms with Crippen LogP contribution in [0.25, 0.3) is 0 Å². The first-order chi connectivity index (χ1) is 9.60. The van der Waals surface area contributed by atoms with Crippen molar-refractivity contribution < 1.29 is 4.79 Å². The van der Waals surface area contributed by atoms with Crippen molar-refractivity contribution in [3.8, 4) is 6.07 Å². The first-order valence-corrected chi connectivity index (χ1v) is 7.37. The highest BCUT2D eigenvalue weighted by Crippen LogP contribution is 2.25. The average molecular weight is 270 g/mol. The summed E-state index contributed by atoms with van der Waals surface area (Å²) in [6.45, 7) is 5.99. The largest absolute Gasteiger partial charge is 0.338 e. The number of hydrogen-bond donors (Lipinski definition) is 0. The molecule has 3 nitrogen and oxygen atoms in total. The molecule has 0 saturated carbocycles. The summed E-state index contributed by atoms with van der Waals surface area (Å²) in [5.41, 5.74) is 1.76. The van der Waals surface area contributed by atoms with E-state index in [2.05, 4.69) is 19.9 Å². The van der Waals surface area contributed by atoms with Crippen LogP contribution in [0.3, 0.4) is 0 Å². The third-order valence-electron chi connectivity index (χ3n) is 4.25. The molecule has 1 unspecified atom stereocenters. The zero-order chi connectivity index (χ0) is 14.5. The van der Waals surface area contributed by atoms with E-state index in [4.69, 9.17) is 5.26 Å². The molecule has 1 atom stereocenters. The third kappa shape index (κ3) is 3.60. The van der Waals surface area contributed by atoms with Crippen LogP contribution in [-0.2, 0) is 11.3 Å². The van der Waals surface area contributed by atoms with E-state index >= 15 is 0 Å². The maximum absolute atomic E-state index is 12.2. The molecule has 0 N–H and O–H groups in total. The molecular formula is C17H22N2O. The fourth-order valence-electron chi connectivity index (χ4n) is 2.80. The molecule has 0 bridgehead atoms. The number of amides is 1. The molecule has 2 rings (SSSR count). The molecule has 1 aliphatic rings. The summed E-state index contributed by atoms with van der Waals surface area (Å²) in [6.07, 6.45) is 2.78. The van der Waals surface area contributed by atoms with Crippen molar-refractivity contribution in [1.29, 1.82) is 5.26 Å². The number of nitriles is 1. The fraction of sp³-hybridized carbons (Fsp3) is 0.529. The monoisotopic (exact) mass is 270 g/mol. The lowest BCUT2D eigenvalue weighted by molar-refractivity contribution is -0.131. The summed E-state index contributed by atoms with van der Waals surface area (Å²) < 4.78 is 0. The number of rotatable bonds is 3. The SMILES string of the molecule is CC(C)C1CCC(=O)N(Cc2ccc(C#N)cc2)CC1. The summed E-state index contributed by atoms with van der Waals surface area (Å²) in [6, 6.07) is 9.62. The lowest BCUT2D eigenvalue weighted by Gasteiger charge is -2.22. The molecule has 1 aliphatic heterocycles. The second kappa shape index (κ2) is 6.56. The fourth-order valence-corrected chi connectivity index (χ4v) is 2.80. The van der Waals surface area contributed by atoms with Crippen molar-refractivity contribution in [2.75, 3.05) is 6.54 Å². The van der Waals surface area contributed by atoms with E-state index in [0.29, 0.717) is 30.4 Å². The highest BCUT2D eigenvalue weighted by Gasteiger charge is 2.24. The Hall–Kier alpha value is -1.82. The smallest absolute Gasteiger partial charge is 0.222 e. The summed E-state index contributed by atoms with van der Waals surface area (Å²) in [5, 5.41) is 8.80. The zero-order valence-electron chi connectivity index (χ0n) is 12.3. The van der Waals surface area contributed by atoms with Crippen LogP contribution in [0.4, 0.5) is 0 Å². The molecule has 0 aromatic heterocycles. The van der Waals surface area contributed by atoms with E-state index in [1.54, 1.807) is 0 Å². The minimum atomic E-state index is 0.262. The number of likely N-dealkylation sites (tertiary alicyclic amines) is 1. The normalized spacial score (nSPS) is 19.8. The van der Waals surface area contributed by atoms with Crippen molar-refractivity contribution in [2.45, 2.75) is 39.7 Å². The van der Waals surface area contributed by atoms with Gasteiger partial charge in [0.1, 0.15) is 0 Å². The molecule has 0 aliphatic carbocycles. The highest BCUT2D eigenvalue weighted by molar-refractivity contribution is 5.76. The number of nitrogens with zero attached hydrogens (tertiary/aromatic N) is 2. The van der Waals surface area contributed by atoms with Crippen LogP contribution in [0.1, 0.15) is 44.2 Å². The minimum absolute atomic E-state index is 0.262. The van der Waals surface area contributed by atoms with Gasteiger partial charge >= 0.3 is 0 Å². The van der Waals surface area contributed by atoms with Crippen molar-refractivity contribution in [3.63, 3.8) is 0 Å². The molecule has 1 aromatic carbocycles. The topological polar surface area (TPSA) is 44.1 Å². The third-order valence-corrected chi connectivity index (χ3v) is 4.25. The van der Waals surface area contributed by atoms with Gasteiger partial charge in [-0.1, -0.05) is 26.0 Å². The average Bonchev–Trinajstić information content (AvgIpc) is 2.63. The van der Waals surface area contributed by atoms with Crippen LogP contribution in [0.15, 0.2) is 24.3 Å². The Morgan fingerprint density at radius 3 is 2.60 bits per heavy atom. The predicted molar refractivity (Wildman–Crippen MR) is 78.8 cm³/mol. The molecule has 1 amide bonds.